The molecule has 0 heterocycles. The first-order chi connectivity index (χ1) is 22.4. The van der Waals surface area contributed by atoms with E-state index >= 15 is 0 Å². The lowest BCUT2D eigenvalue weighted by atomic mass is 9.98. The van der Waals surface area contributed by atoms with Crippen LogP contribution in [0.15, 0.2) is 146 Å². The predicted molar refractivity (Wildman–Crippen MR) is 184 cm³/mol. The standard InChI is InChI=1S/C40H32N2O4/c1-42(39(44)33-23-22-28-10-5-6-13-31(28)25-33)34-15-9-14-32(26-34)29-20-18-27(19-21-29)24-37(40(45)46)41-36-17-8-7-16-35(36)38(43)30-11-3-2-4-12-30/h2-23,25-26,37,41H,24H2,1H3,(H,45,46)/t37-/m0/s1. The third-order valence-corrected chi connectivity index (χ3v) is 8.10. The zero-order valence-corrected chi connectivity index (χ0v) is 25.3. The largest absolute Gasteiger partial charge is 0.480 e. The zero-order chi connectivity index (χ0) is 32.0. The van der Waals surface area contributed by atoms with Crippen molar-refractivity contribution >= 4 is 39.8 Å². The number of nitrogens with zero attached hydrogens (tertiary/aromatic N) is 1. The Bertz CT molecular complexity index is 2040. The lowest BCUT2D eigenvalue weighted by molar-refractivity contribution is -0.137. The van der Waals surface area contributed by atoms with E-state index in [1.165, 1.54) is 0 Å². The molecule has 0 bridgehead atoms. The predicted octanol–water partition coefficient (Wildman–Crippen LogP) is 8.12. The van der Waals surface area contributed by atoms with Gasteiger partial charge < -0.3 is 15.3 Å². The van der Waals surface area contributed by atoms with Gasteiger partial charge in [0.25, 0.3) is 5.91 Å². The van der Waals surface area contributed by atoms with Crippen LogP contribution < -0.4 is 10.2 Å². The Morgan fingerprint density at radius 3 is 2.11 bits per heavy atom. The number of hydrogen-bond acceptors (Lipinski definition) is 4. The molecule has 0 spiro atoms. The third kappa shape index (κ3) is 6.56. The summed E-state index contributed by atoms with van der Waals surface area (Å²) in [6.07, 6.45) is 0.215. The molecule has 6 aromatic rings. The van der Waals surface area contributed by atoms with Gasteiger partial charge in [-0.1, -0.05) is 109 Å². The molecule has 2 N–H and O–H groups in total. The smallest absolute Gasteiger partial charge is 0.326 e. The number of hydrogen-bond donors (Lipinski definition) is 2. The van der Waals surface area contributed by atoms with Crippen LogP contribution in [0.25, 0.3) is 21.9 Å². The molecular formula is C40H32N2O4. The summed E-state index contributed by atoms with van der Waals surface area (Å²) in [6, 6.07) is 44.1. The molecule has 0 aliphatic carbocycles. The molecular weight excluding hydrogens is 572 g/mol. The Morgan fingerprint density at radius 1 is 0.652 bits per heavy atom. The van der Waals surface area contributed by atoms with Crippen molar-refractivity contribution in [3.8, 4) is 11.1 Å². The van der Waals surface area contributed by atoms with E-state index in [0.717, 1.165) is 33.2 Å². The van der Waals surface area contributed by atoms with E-state index in [1.54, 1.807) is 60.5 Å². The number of carboxylic acids is 1. The zero-order valence-electron chi connectivity index (χ0n) is 25.3. The van der Waals surface area contributed by atoms with Crippen molar-refractivity contribution in [2.24, 2.45) is 0 Å². The Kier molecular flexibility index (Phi) is 8.70. The molecule has 226 valence electrons. The van der Waals surface area contributed by atoms with E-state index < -0.39 is 12.0 Å². The quantitative estimate of drug-likeness (QED) is 0.154. The third-order valence-electron chi connectivity index (χ3n) is 8.10. The van der Waals surface area contributed by atoms with Gasteiger partial charge in [-0.15, -0.1) is 0 Å². The van der Waals surface area contributed by atoms with E-state index in [4.69, 9.17) is 0 Å². The van der Waals surface area contributed by atoms with Gasteiger partial charge in [0.05, 0.1) is 0 Å². The molecule has 0 radical (unpaired) electrons. The maximum Gasteiger partial charge on any atom is 0.326 e. The van der Waals surface area contributed by atoms with Gasteiger partial charge in [0.15, 0.2) is 5.78 Å². The van der Waals surface area contributed by atoms with Crippen LogP contribution in [0.5, 0.6) is 0 Å². The first-order valence-electron chi connectivity index (χ1n) is 15.0. The summed E-state index contributed by atoms with van der Waals surface area (Å²) in [7, 11) is 1.77. The van der Waals surface area contributed by atoms with Crippen LogP contribution in [-0.2, 0) is 11.2 Å². The summed E-state index contributed by atoms with van der Waals surface area (Å²) >= 11 is 0. The van der Waals surface area contributed by atoms with Gasteiger partial charge in [-0.2, -0.15) is 0 Å². The van der Waals surface area contributed by atoms with Gasteiger partial charge in [0.2, 0.25) is 0 Å². The van der Waals surface area contributed by atoms with Crippen molar-refractivity contribution in [1.29, 1.82) is 0 Å². The summed E-state index contributed by atoms with van der Waals surface area (Å²) < 4.78 is 0. The number of aliphatic carboxylic acids is 1. The highest BCUT2D eigenvalue weighted by Gasteiger charge is 2.22. The minimum absolute atomic E-state index is 0.0995. The van der Waals surface area contributed by atoms with Crippen LogP contribution in [0.1, 0.15) is 31.8 Å². The fraction of sp³-hybridized carbons (Fsp3) is 0.0750. The number of anilines is 2. The van der Waals surface area contributed by atoms with Crippen molar-refractivity contribution in [2.45, 2.75) is 12.5 Å². The fourth-order valence-corrected chi connectivity index (χ4v) is 5.54. The lowest BCUT2D eigenvalue weighted by Gasteiger charge is -2.19. The van der Waals surface area contributed by atoms with E-state index in [-0.39, 0.29) is 18.1 Å². The fourth-order valence-electron chi connectivity index (χ4n) is 5.54. The number of carboxylic acid groups (broad SMARTS) is 1. The molecule has 0 saturated heterocycles. The van der Waals surface area contributed by atoms with Crippen molar-refractivity contribution in [2.75, 3.05) is 17.3 Å². The number of carbonyl (C=O) groups is 3. The maximum atomic E-state index is 13.4. The SMILES string of the molecule is CN(C(=O)c1ccc2ccccc2c1)c1cccc(-c2ccc(C[C@H](Nc3ccccc3C(=O)c3ccccc3)C(=O)O)cc2)c1. The molecule has 1 atom stereocenters. The highest BCUT2D eigenvalue weighted by Crippen LogP contribution is 2.27. The minimum Gasteiger partial charge on any atom is -0.480 e. The number of amides is 1. The van der Waals surface area contributed by atoms with Crippen LogP contribution in [0.3, 0.4) is 0 Å². The number of benzene rings is 6. The Labute approximate surface area is 267 Å². The van der Waals surface area contributed by atoms with Crippen molar-refractivity contribution in [1.82, 2.24) is 0 Å². The Balaban J connectivity index is 1.17. The molecule has 6 heteroatoms. The number of ketones is 1. The molecule has 0 unspecified atom stereocenters. The topological polar surface area (TPSA) is 86.7 Å². The van der Waals surface area contributed by atoms with E-state index in [2.05, 4.69) is 5.32 Å². The van der Waals surface area contributed by atoms with E-state index in [0.29, 0.717) is 22.4 Å². The summed E-state index contributed by atoms with van der Waals surface area (Å²) in [4.78, 5) is 40.5. The van der Waals surface area contributed by atoms with Gasteiger partial charge in [0, 0.05) is 41.5 Å². The number of para-hydroxylation sites is 1. The highest BCUT2D eigenvalue weighted by atomic mass is 16.4. The second kappa shape index (κ2) is 13.3. The van der Waals surface area contributed by atoms with Crippen molar-refractivity contribution < 1.29 is 19.5 Å². The average molecular weight is 605 g/mol. The van der Waals surface area contributed by atoms with E-state index in [1.807, 2.05) is 97.1 Å². The molecule has 6 aromatic carbocycles. The Hall–Kier alpha value is -6.01. The first kappa shape index (κ1) is 30.0. The maximum absolute atomic E-state index is 13.4. The number of rotatable bonds is 10. The summed E-state index contributed by atoms with van der Waals surface area (Å²) in [5, 5.41) is 15.2. The molecule has 1 amide bonds. The monoisotopic (exact) mass is 604 g/mol. The first-order valence-corrected chi connectivity index (χ1v) is 15.0. The summed E-state index contributed by atoms with van der Waals surface area (Å²) in [6.45, 7) is 0. The normalized spacial score (nSPS) is 11.5. The molecule has 6 nitrogen and oxygen atoms in total. The minimum atomic E-state index is -1.02. The molecule has 0 fully saturated rings. The summed E-state index contributed by atoms with van der Waals surface area (Å²) in [5.41, 5.74) is 5.50. The van der Waals surface area contributed by atoms with Crippen molar-refractivity contribution in [3.05, 3.63) is 168 Å². The van der Waals surface area contributed by atoms with Gasteiger partial charge >= 0.3 is 5.97 Å². The number of nitrogens with one attached hydrogen (secondary N) is 1. The van der Waals surface area contributed by atoms with Crippen LogP contribution in [0.4, 0.5) is 11.4 Å². The molecule has 0 saturated carbocycles. The van der Waals surface area contributed by atoms with Crippen molar-refractivity contribution in [3.63, 3.8) is 0 Å². The van der Waals surface area contributed by atoms with Gasteiger partial charge in [-0.3, -0.25) is 9.59 Å². The molecule has 0 aromatic heterocycles. The second-order valence-electron chi connectivity index (χ2n) is 11.2. The number of carbonyl (C=O) groups excluding carboxylic acids is 2. The summed E-state index contributed by atoms with van der Waals surface area (Å²) in [5.74, 6) is -1.29. The van der Waals surface area contributed by atoms with Gasteiger partial charge in [-0.05, 0) is 63.9 Å². The average Bonchev–Trinajstić information content (AvgIpc) is 3.11. The number of fused-ring (bicyclic) bond motifs is 1. The van der Waals surface area contributed by atoms with Crippen LogP contribution >= 0.6 is 0 Å². The molecule has 0 aliphatic rings. The van der Waals surface area contributed by atoms with Crippen LogP contribution in [0.2, 0.25) is 0 Å². The molecule has 0 aliphatic heterocycles. The van der Waals surface area contributed by atoms with Crippen LogP contribution in [-0.4, -0.2) is 35.9 Å². The molecule has 46 heavy (non-hydrogen) atoms. The second-order valence-corrected chi connectivity index (χ2v) is 11.2. The van der Waals surface area contributed by atoms with Gasteiger partial charge in [-0.25, -0.2) is 4.79 Å². The molecule has 6 rings (SSSR count). The highest BCUT2D eigenvalue weighted by molar-refractivity contribution is 6.12. The Morgan fingerprint density at radius 2 is 1.35 bits per heavy atom. The van der Waals surface area contributed by atoms with Gasteiger partial charge in [0.1, 0.15) is 6.04 Å². The van der Waals surface area contributed by atoms with Crippen LogP contribution in [0, 0.1) is 0 Å². The lowest BCUT2D eigenvalue weighted by Crippen LogP contribution is -2.32. The van der Waals surface area contributed by atoms with E-state index in [9.17, 15) is 19.5 Å².